The van der Waals surface area contributed by atoms with Gasteiger partial charge in [0, 0.05) is 11.8 Å². The van der Waals surface area contributed by atoms with Crippen LogP contribution in [0.2, 0.25) is 0 Å². The predicted molar refractivity (Wildman–Crippen MR) is 91.9 cm³/mol. The molecule has 10 heteroatoms. The van der Waals surface area contributed by atoms with E-state index >= 15 is 0 Å². The normalized spacial score (nSPS) is 16.9. The molecule has 2 aromatic heterocycles. The van der Waals surface area contributed by atoms with Crippen LogP contribution in [0.4, 0.5) is 13.2 Å². The molecular weight excluding hydrogens is 377 g/mol. The number of hydrogen-bond acceptors (Lipinski definition) is 4. The third-order valence-electron chi connectivity index (χ3n) is 4.83. The van der Waals surface area contributed by atoms with E-state index in [0.29, 0.717) is 30.5 Å². The van der Waals surface area contributed by atoms with Gasteiger partial charge in [-0.2, -0.15) is 18.3 Å². The van der Waals surface area contributed by atoms with Crippen molar-refractivity contribution in [1.29, 1.82) is 0 Å². The van der Waals surface area contributed by atoms with E-state index in [1.807, 2.05) is 0 Å². The highest BCUT2D eigenvalue weighted by atomic mass is 19.4. The molecule has 3 heterocycles. The Balaban J connectivity index is 1.83. The van der Waals surface area contributed by atoms with Gasteiger partial charge in [-0.25, -0.2) is 19.3 Å². The van der Waals surface area contributed by atoms with Crippen molar-refractivity contribution in [2.24, 2.45) is 0 Å². The Bertz CT molecular complexity index is 1130. The molecule has 0 amide bonds. The number of carbonyl (C=O) groups is 1. The molecule has 3 aromatic rings. The molecule has 28 heavy (non-hydrogen) atoms. The van der Waals surface area contributed by atoms with E-state index in [0.717, 1.165) is 15.3 Å². The topological polar surface area (TPSA) is 90.0 Å². The fourth-order valence-electron chi connectivity index (χ4n) is 3.55. The molecular formula is C18H15F3N4O3. The number of aryl methyl sites for hydroxylation is 1. The zero-order valence-electron chi connectivity index (χ0n) is 14.5. The lowest BCUT2D eigenvalue weighted by atomic mass is 10.1. The second-order valence-electron chi connectivity index (χ2n) is 6.65. The zero-order chi connectivity index (χ0) is 20.1. The third kappa shape index (κ3) is 3.04. The summed E-state index contributed by atoms with van der Waals surface area (Å²) in [6.45, 7) is -0.211. The van der Waals surface area contributed by atoms with Crippen LogP contribution in [-0.4, -0.2) is 30.4 Å². The smallest absolute Gasteiger partial charge is 0.433 e. The summed E-state index contributed by atoms with van der Waals surface area (Å²) in [4.78, 5) is 27.8. The van der Waals surface area contributed by atoms with Crippen molar-refractivity contribution in [3.8, 4) is 0 Å². The van der Waals surface area contributed by atoms with Gasteiger partial charge in [0.25, 0.3) is 0 Å². The Labute approximate surface area is 156 Å². The molecule has 146 valence electrons. The minimum Gasteiger partial charge on any atom is -0.480 e. The van der Waals surface area contributed by atoms with Crippen molar-refractivity contribution in [3.05, 3.63) is 57.9 Å². The molecule has 1 N–H and O–H groups in total. The van der Waals surface area contributed by atoms with E-state index in [2.05, 4.69) is 10.1 Å². The molecule has 0 saturated heterocycles. The zero-order valence-corrected chi connectivity index (χ0v) is 14.5. The average molecular weight is 392 g/mol. The van der Waals surface area contributed by atoms with Crippen LogP contribution in [0.1, 0.15) is 36.0 Å². The Morgan fingerprint density at radius 1 is 1.29 bits per heavy atom. The monoisotopic (exact) mass is 392 g/mol. The van der Waals surface area contributed by atoms with Crippen LogP contribution in [0, 0.1) is 0 Å². The molecule has 0 bridgehead atoms. The largest absolute Gasteiger partial charge is 0.480 e. The maximum absolute atomic E-state index is 13.2. The van der Waals surface area contributed by atoms with Crippen LogP contribution in [0.15, 0.2) is 35.1 Å². The molecule has 0 spiro atoms. The second kappa shape index (κ2) is 6.47. The number of fused-ring (bicyclic) bond motifs is 2. The summed E-state index contributed by atoms with van der Waals surface area (Å²) in [6.07, 6.45) is -3.31. The number of halogens is 3. The van der Waals surface area contributed by atoms with Crippen molar-refractivity contribution in [3.63, 3.8) is 0 Å². The third-order valence-corrected chi connectivity index (χ3v) is 4.83. The van der Waals surface area contributed by atoms with E-state index in [4.69, 9.17) is 0 Å². The van der Waals surface area contributed by atoms with Gasteiger partial charge in [-0.05, 0) is 30.5 Å². The summed E-state index contributed by atoms with van der Waals surface area (Å²) in [7, 11) is 0. The summed E-state index contributed by atoms with van der Waals surface area (Å²) in [5, 5.41) is 14.0. The summed E-state index contributed by atoms with van der Waals surface area (Å²) in [5.74, 6) is -0.797. The lowest BCUT2D eigenvalue weighted by Gasteiger charge is -2.19. The summed E-state index contributed by atoms with van der Waals surface area (Å²) in [5.41, 5.74) is -1.30. The van der Waals surface area contributed by atoms with Crippen LogP contribution in [0.3, 0.4) is 0 Å². The molecule has 1 atom stereocenters. The first-order valence-corrected chi connectivity index (χ1v) is 8.62. The summed E-state index contributed by atoms with van der Waals surface area (Å²) >= 11 is 0. The molecule has 4 rings (SSSR count). The highest BCUT2D eigenvalue weighted by Gasteiger charge is 2.34. The molecule has 0 fully saturated rings. The van der Waals surface area contributed by atoms with Gasteiger partial charge in [0.1, 0.15) is 17.6 Å². The molecule has 1 aliphatic rings. The van der Waals surface area contributed by atoms with Crippen molar-refractivity contribution in [1.82, 2.24) is 19.3 Å². The first-order valence-electron chi connectivity index (χ1n) is 8.62. The number of alkyl halides is 3. The minimum atomic E-state index is -4.63. The van der Waals surface area contributed by atoms with E-state index in [1.54, 1.807) is 18.2 Å². The van der Waals surface area contributed by atoms with Gasteiger partial charge in [0.05, 0.1) is 12.1 Å². The van der Waals surface area contributed by atoms with E-state index in [9.17, 15) is 27.9 Å². The number of hydrogen-bond donors (Lipinski definition) is 1. The maximum atomic E-state index is 13.2. The average Bonchev–Trinajstić information content (AvgIpc) is 2.96. The molecule has 0 aliphatic carbocycles. The van der Waals surface area contributed by atoms with Gasteiger partial charge < -0.3 is 5.11 Å². The molecule has 0 saturated carbocycles. The van der Waals surface area contributed by atoms with Crippen LogP contribution in [-0.2, 0) is 23.9 Å². The number of pyridine rings is 1. The Morgan fingerprint density at radius 3 is 2.75 bits per heavy atom. The first-order chi connectivity index (χ1) is 13.3. The molecule has 0 radical (unpaired) electrons. The van der Waals surface area contributed by atoms with Crippen LogP contribution in [0.25, 0.3) is 10.9 Å². The van der Waals surface area contributed by atoms with Gasteiger partial charge in [0.15, 0.2) is 0 Å². The number of nitrogens with zero attached hydrogens (tertiary/aromatic N) is 4. The fourth-order valence-corrected chi connectivity index (χ4v) is 3.55. The van der Waals surface area contributed by atoms with Gasteiger partial charge in [-0.3, -0.25) is 4.57 Å². The number of benzene rings is 1. The highest BCUT2D eigenvalue weighted by molar-refractivity contribution is 5.82. The van der Waals surface area contributed by atoms with Gasteiger partial charge in [-0.1, -0.05) is 18.2 Å². The van der Waals surface area contributed by atoms with E-state index < -0.39 is 29.6 Å². The standard InChI is InChI=1S/C18H15F3N4O3/c19-18(20,21)14-8-10(11-4-1-2-5-12(11)22-14)9-24-17(28)25-13(16(26)27)6-3-7-15(25)23-24/h1-2,4-5,8,13H,3,6-7,9H2,(H,26,27). The van der Waals surface area contributed by atoms with Gasteiger partial charge in [0.2, 0.25) is 0 Å². The Hall–Kier alpha value is -3.17. The van der Waals surface area contributed by atoms with Gasteiger partial charge >= 0.3 is 17.8 Å². The Kier molecular flexibility index (Phi) is 4.20. The number of aromatic nitrogens is 4. The number of para-hydroxylation sites is 1. The number of carboxylic acid groups (broad SMARTS) is 1. The van der Waals surface area contributed by atoms with Crippen molar-refractivity contribution >= 4 is 16.9 Å². The maximum Gasteiger partial charge on any atom is 0.433 e. The van der Waals surface area contributed by atoms with Crippen LogP contribution in [0.5, 0.6) is 0 Å². The van der Waals surface area contributed by atoms with Crippen molar-refractivity contribution < 1.29 is 23.1 Å². The van der Waals surface area contributed by atoms with Crippen molar-refractivity contribution in [2.45, 2.75) is 38.0 Å². The minimum absolute atomic E-state index is 0.160. The number of rotatable bonds is 3. The lowest BCUT2D eigenvalue weighted by molar-refractivity contribution is -0.142. The predicted octanol–water partition coefficient (Wildman–Crippen LogP) is 2.62. The SMILES string of the molecule is O=C(O)C1CCCc2nn(Cc3cc(C(F)(F)F)nc4ccccc34)c(=O)n21. The molecule has 7 nitrogen and oxygen atoms in total. The molecule has 1 unspecified atom stereocenters. The lowest BCUT2D eigenvalue weighted by Crippen LogP contribution is -2.34. The second-order valence-corrected chi connectivity index (χ2v) is 6.65. The van der Waals surface area contributed by atoms with E-state index in [-0.39, 0.29) is 17.6 Å². The van der Waals surface area contributed by atoms with Crippen LogP contribution < -0.4 is 5.69 Å². The molecule has 1 aliphatic heterocycles. The summed E-state index contributed by atoms with van der Waals surface area (Å²) < 4.78 is 41.8. The quantitative estimate of drug-likeness (QED) is 0.740. The van der Waals surface area contributed by atoms with Gasteiger partial charge in [-0.15, -0.1) is 0 Å². The number of aliphatic carboxylic acids is 1. The summed E-state index contributed by atoms with van der Waals surface area (Å²) in [6, 6.07) is 6.24. The van der Waals surface area contributed by atoms with E-state index in [1.165, 1.54) is 6.07 Å². The number of carboxylic acids is 1. The fraction of sp³-hybridized carbons (Fsp3) is 0.333. The Morgan fingerprint density at radius 2 is 2.04 bits per heavy atom. The highest BCUT2D eigenvalue weighted by Crippen LogP contribution is 2.31. The van der Waals surface area contributed by atoms with Crippen LogP contribution >= 0.6 is 0 Å². The van der Waals surface area contributed by atoms with Crippen molar-refractivity contribution in [2.75, 3.05) is 0 Å². The first kappa shape index (κ1) is 18.2. The molecule has 1 aromatic carbocycles.